The summed E-state index contributed by atoms with van der Waals surface area (Å²) in [5, 5.41) is 4.94. The molecule has 0 radical (unpaired) electrons. The van der Waals surface area contributed by atoms with Gasteiger partial charge in [0.25, 0.3) is 0 Å². The molecule has 9 aromatic rings. The zero-order valence-corrected chi connectivity index (χ0v) is 30.2. The topological polar surface area (TPSA) is 29.2 Å². The van der Waals surface area contributed by atoms with Crippen LogP contribution in [0.4, 0.5) is 5.69 Å². The van der Waals surface area contributed by atoms with Crippen molar-refractivity contribution >= 4 is 49.3 Å². The molecule has 0 saturated carbocycles. The molecule has 0 atom stereocenters. The fourth-order valence-corrected chi connectivity index (χ4v) is 6.93. The quantitative estimate of drug-likeness (QED) is 0.165. The average molecular weight is 835 g/mol. The van der Waals surface area contributed by atoms with Gasteiger partial charge in [0.2, 0.25) is 0 Å². The number of para-hydroxylation sites is 3. The Morgan fingerprint density at radius 3 is 1.82 bits per heavy atom. The molecule has 6 heteroatoms. The molecule has 1 aliphatic rings. The van der Waals surface area contributed by atoms with Crippen molar-refractivity contribution in [2.24, 2.45) is 0 Å². The standard InChI is InChI=1S/C34H24N4.C11H8N.Ir/c1-35-18-19-36(23-35)26-16-17-32-28(20-26)30-22-33-29(21-34(30)38(32)25-12-6-3-7-13-25)27-14-8-9-15-31(27)37(33)24-10-4-2-5-11-24;1-2-6-10(7-3-1)11-8-4-5-9-12-11;/h2-15,17-23H,1H3;1-6,8-9H;/q-2;-1;+3. The van der Waals surface area contributed by atoms with E-state index in [4.69, 9.17) is 0 Å². The summed E-state index contributed by atoms with van der Waals surface area (Å²) in [5.74, 6) is 0. The van der Waals surface area contributed by atoms with Gasteiger partial charge in [-0.15, -0.1) is 53.0 Å². The second-order valence-corrected chi connectivity index (χ2v) is 12.3. The number of hydrogen-bond acceptors (Lipinski definition) is 3. The van der Waals surface area contributed by atoms with Crippen molar-refractivity contribution in [1.29, 1.82) is 0 Å². The van der Waals surface area contributed by atoms with Crippen molar-refractivity contribution in [1.82, 2.24) is 19.0 Å². The van der Waals surface area contributed by atoms with E-state index in [1.807, 2.05) is 60.6 Å². The van der Waals surface area contributed by atoms with Crippen LogP contribution in [0.15, 0.2) is 170 Å². The maximum atomic E-state index is 4.22. The van der Waals surface area contributed by atoms with Gasteiger partial charge >= 0.3 is 20.1 Å². The van der Waals surface area contributed by atoms with Gasteiger partial charge in [0.05, 0.1) is 11.0 Å². The molecule has 1 aliphatic heterocycles. The summed E-state index contributed by atoms with van der Waals surface area (Å²) < 4.78 is 4.76. The van der Waals surface area contributed by atoms with Crippen LogP contribution in [0.2, 0.25) is 0 Å². The molecule has 10 rings (SSSR count). The third-order valence-electron chi connectivity index (χ3n) is 9.20. The molecule has 5 nitrogen and oxygen atoms in total. The molecule has 0 spiro atoms. The molecular formula is C45H32IrN5. The van der Waals surface area contributed by atoms with Crippen molar-refractivity contribution in [2.45, 2.75) is 0 Å². The van der Waals surface area contributed by atoms with Gasteiger partial charge in [0, 0.05) is 33.9 Å². The molecule has 6 aromatic carbocycles. The van der Waals surface area contributed by atoms with Crippen LogP contribution < -0.4 is 4.90 Å². The van der Waals surface area contributed by atoms with E-state index in [-0.39, 0.29) is 20.1 Å². The molecule has 0 bridgehead atoms. The number of aromatic nitrogens is 3. The minimum absolute atomic E-state index is 0. The summed E-state index contributed by atoms with van der Waals surface area (Å²) in [6.07, 6.45) is 5.91. The van der Waals surface area contributed by atoms with Crippen molar-refractivity contribution < 1.29 is 20.1 Å². The third kappa shape index (κ3) is 5.89. The van der Waals surface area contributed by atoms with Gasteiger partial charge in [-0.3, -0.25) is 0 Å². The smallest absolute Gasteiger partial charge is 0.510 e. The minimum atomic E-state index is 0. The average Bonchev–Trinajstić information content (AvgIpc) is 3.87. The van der Waals surface area contributed by atoms with Crippen molar-refractivity contribution in [3.05, 3.63) is 189 Å². The fraction of sp³-hybridized carbons (Fsp3) is 0.0222. The Morgan fingerprint density at radius 1 is 0.549 bits per heavy atom. The predicted molar refractivity (Wildman–Crippen MR) is 206 cm³/mol. The summed E-state index contributed by atoms with van der Waals surface area (Å²) in [6, 6.07) is 59.5. The van der Waals surface area contributed by atoms with Crippen LogP contribution in [0.3, 0.4) is 0 Å². The minimum Gasteiger partial charge on any atom is -0.510 e. The van der Waals surface area contributed by atoms with Crippen LogP contribution in [0.1, 0.15) is 0 Å². The van der Waals surface area contributed by atoms with Crippen LogP contribution in [-0.2, 0) is 20.1 Å². The fourth-order valence-electron chi connectivity index (χ4n) is 6.93. The second kappa shape index (κ2) is 13.8. The van der Waals surface area contributed by atoms with E-state index in [1.54, 1.807) is 6.20 Å². The molecule has 0 unspecified atom stereocenters. The molecule has 4 heterocycles. The number of nitrogens with zero attached hydrogens (tertiary/aromatic N) is 5. The van der Waals surface area contributed by atoms with E-state index < -0.39 is 0 Å². The maximum absolute atomic E-state index is 4.22. The Kier molecular flexibility index (Phi) is 8.71. The Labute approximate surface area is 310 Å². The Hall–Kier alpha value is -5.94. The van der Waals surface area contributed by atoms with Gasteiger partial charge in [-0.1, -0.05) is 72.2 Å². The first-order chi connectivity index (χ1) is 24.7. The molecule has 0 aliphatic carbocycles. The normalized spacial score (nSPS) is 12.4. The van der Waals surface area contributed by atoms with Crippen LogP contribution in [-0.4, -0.2) is 26.1 Å². The van der Waals surface area contributed by atoms with E-state index in [9.17, 15) is 0 Å². The van der Waals surface area contributed by atoms with Crippen molar-refractivity contribution in [3.8, 4) is 22.6 Å². The summed E-state index contributed by atoms with van der Waals surface area (Å²) >= 11 is 0. The number of benzene rings is 6. The number of rotatable bonds is 4. The molecule has 0 N–H and O–H groups in total. The van der Waals surface area contributed by atoms with Crippen molar-refractivity contribution in [3.63, 3.8) is 0 Å². The van der Waals surface area contributed by atoms with Crippen LogP contribution in [0.5, 0.6) is 0 Å². The Bertz CT molecular complexity index is 2590. The van der Waals surface area contributed by atoms with Crippen LogP contribution in [0, 0.1) is 18.8 Å². The first kappa shape index (κ1) is 32.3. The molecule has 246 valence electrons. The second-order valence-electron chi connectivity index (χ2n) is 12.3. The third-order valence-corrected chi connectivity index (χ3v) is 9.20. The van der Waals surface area contributed by atoms with E-state index in [0.717, 1.165) is 28.1 Å². The maximum Gasteiger partial charge on any atom is 3.00 e. The number of hydrogen-bond donors (Lipinski definition) is 0. The SMILES string of the molecule is CN1C=CN(c2[c-]cc3c(c2)c2cc4c(cc2n3-c2ccccc2)c2ccccc2n4-c2ccccc2)[CH-]1.[Ir+3].[c-]1ccccc1-c1ccccn1. The van der Waals surface area contributed by atoms with Gasteiger partial charge in [0.1, 0.15) is 0 Å². The summed E-state index contributed by atoms with van der Waals surface area (Å²) in [4.78, 5) is 8.38. The van der Waals surface area contributed by atoms with Gasteiger partial charge in [0.15, 0.2) is 0 Å². The van der Waals surface area contributed by atoms with Crippen molar-refractivity contribution in [2.75, 3.05) is 11.9 Å². The van der Waals surface area contributed by atoms with Gasteiger partial charge in [-0.2, -0.15) is 18.8 Å². The molecular weight excluding hydrogens is 803 g/mol. The first-order valence-electron chi connectivity index (χ1n) is 16.7. The Morgan fingerprint density at radius 2 is 1.18 bits per heavy atom. The monoisotopic (exact) mass is 835 g/mol. The predicted octanol–water partition coefficient (Wildman–Crippen LogP) is 10.6. The zero-order valence-electron chi connectivity index (χ0n) is 27.8. The largest absolute Gasteiger partial charge is 3.00 e. The summed E-state index contributed by atoms with van der Waals surface area (Å²) in [6.45, 7) is 2.07. The van der Waals surface area contributed by atoms with E-state index in [2.05, 4.69) is 153 Å². The number of pyridine rings is 1. The summed E-state index contributed by atoms with van der Waals surface area (Å²) in [7, 11) is 2.04. The molecule has 0 saturated heterocycles. The van der Waals surface area contributed by atoms with Gasteiger partial charge < -0.3 is 23.9 Å². The van der Waals surface area contributed by atoms with E-state index in [1.165, 1.54) is 43.8 Å². The van der Waals surface area contributed by atoms with Gasteiger partial charge in [-0.25, -0.2) is 0 Å². The molecule has 3 aromatic heterocycles. The van der Waals surface area contributed by atoms with Crippen LogP contribution in [0.25, 0.3) is 66.2 Å². The molecule has 0 amide bonds. The number of fused-ring (bicyclic) bond motifs is 6. The first-order valence-corrected chi connectivity index (χ1v) is 16.7. The number of anilines is 1. The summed E-state index contributed by atoms with van der Waals surface area (Å²) in [5.41, 5.74) is 10.1. The van der Waals surface area contributed by atoms with Crippen LogP contribution >= 0.6 is 0 Å². The van der Waals surface area contributed by atoms with E-state index in [0.29, 0.717) is 0 Å². The van der Waals surface area contributed by atoms with E-state index >= 15 is 0 Å². The Balaban J connectivity index is 0.000000245. The molecule has 51 heavy (non-hydrogen) atoms. The molecule has 0 fully saturated rings. The van der Waals surface area contributed by atoms with Gasteiger partial charge in [-0.05, 0) is 79.1 Å². The zero-order chi connectivity index (χ0) is 33.4.